The first-order valence-corrected chi connectivity index (χ1v) is 3.25. The van der Waals surface area contributed by atoms with Gasteiger partial charge in [-0.15, -0.1) is 11.6 Å². The first-order chi connectivity index (χ1) is 4.22. The third kappa shape index (κ3) is 1.34. The Balaban J connectivity index is 2.51. The molecule has 1 amide bonds. The highest BCUT2D eigenvalue weighted by atomic mass is 35.5. The van der Waals surface area contributed by atoms with Crippen molar-refractivity contribution in [2.45, 2.75) is 17.9 Å². The van der Waals surface area contributed by atoms with E-state index in [4.69, 9.17) is 16.7 Å². The van der Waals surface area contributed by atoms with Crippen LogP contribution in [0.1, 0.15) is 6.42 Å². The second-order valence-corrected chi connectivity index (χ2v) is 2.52. The first kappa shape index (κ1) is 6.83. The Morgan fingerprint density at radius 2 is 2.44 bits per heavy atom. The summed E-state index contributed by atoms with van der Waals surface area (Å²) in [5, 5.41) is 10.7. The third-order valence-electron chi connectivity index (χ3n) is 1.33. The molecule has 0 aromatic heterocycles. The summed E-state index contributed by atoms with van der Waals surface area (Å²) in [6.07, 6.45) is -0.111. The average Bonchev–Trinajstić information content (AvgIpc) is 1.83. The highest BCUT2D eigenvalue weighted by Crippen LogP contribution is 2.09. The van der Waals surface area contributed by atoms with E-state index in [9.17, 15) is 4.79 Å². The molecule has 0 aromatic carbocycles. The minimum Gasteiger partial charge on any atom is -0.391 e. The zero-order chi connectivity index (χ0) is 6.85. The van der Waals surface area contributed by atoms with Crippen LogP contribution in [0.2, 0.25) is 0 Å². The van der Waals surface area contributed by atoms with Crippen molar-refractivity contribution >= 4 is 17.5 Å². The topological polar surface area (TPSA) is 49.3 Å². The van der Waals surface area contributed by atoms with Gasteiger partial charge in [-0.25, -0.2) is 0 Å². The summed E-state index contributed by atoms with van der Waals surface area (Å²) in [5.74, 6) is -0.268. The zero-order valence-electron chi connectivity index (χ0n) is 4.80. The molecule has 1 heterocycles. The average molecular weight is 150 g/mol. The van der Waals surface area contributed by atoms with Crippen molar-refractivity contribution in [2.24, 2.45) is 0 Å². The van der Waals surface area contributed by atoms with Crippen LogP contribution in [0.5, 0.6) is 0 Å². The van der Waals surface area contributed by atoms with Crippen LogP contribution in [0.25, 0.3) is 0 Å². The number of carbonyl (C=O) groups is 1. The molecule has 1 fully saturated rings. The molecule has 2 N–H and O–H groups in total. The van der Waals surface area contributed by atoms with Crippen LogP contribution in [0.3, 0.4) is 0 Å². The molecule has 0 saturated carbocycles. The van der Waals surface area contributed by atoms with Crippen molar-refractivity contribution in [3.05, 3.63) is 0 Å². The van der Waals surface area contributed by atoms with Crippen LogP contribution >= 0.6 is 11.6 Å². The van der Waals surface area contributed by atoms with Gasteiger partial charge in [-0.2, -0.15) is 0 Å². The summed E-state index contributed by atoms with van der Waals surface area (Å²) in [4.78, 5) is 10.6. The number of amides is 1. The molecule has 1 aliphatic rings. The SMILES string of the molecule is O=C1NCCC(O)C1Cl. The predicted octanol–water partition coefficient (Wildman–Crippen LogP) is -0.525. The molecule has 0 spiro atoms. The van der Waals surface area contributed by atoms with E-state index in [1.165, 1.54) is 0 Å². The molecule has 1 aliphatic heterocycles. The summed E-state index contributed by atoms with van der Waals surface area (Å²) in [6, 6.07) is 0. The Hall–Kier alpha value is -0.280. The summed E-state index contributed by atoms with van der Waals surface area (Å²) >= 11 is 5.46. The molecule has 52 valence electrons. The molecule has 0 aromatic rings. The molecule has 0 aliphatic carbocycles. The molecule has 3 nitrogen and oxygen atoms in total. The number of alkyl halides is 1. The van der Waals surface area contributed by atoms with Crippen molar-refractivity contribution in [1.82, 2.24) is 5.32 Å². The van der Waals surface area contributed by atoms with E-state index in [0.29, 0.717) is 13.0 Å². The lowest BCUT2D eigenvalue weighted by Crippen LogP contribution is -2.45. The number of aliphatic hydroxyl groups excluding tert-OH is 1. The molecule has 9 heavy (non-hydrogen) atoms. The van der Waals surface area contributed by atoms with Crippen LogP contribution in [-0.4, -0.2) is 29.0 Å². The van der Waals surface area contributed by atoms with Crippen LogP contribution in [0, 0.1) is 0 Å². The Kier molecular flexibility index (Phi) is 1.93. The molecule has 1 saturated heterocycles. The van der Waals surface area contributed by atoms with E-state index in [0.717, 1.165) is 0 Å². The smallest absolute Gasteiger partial charge is 0.240 e. The number of carbonyl (C=O) groups excluding carboxylic acids is 1. The number of aliphatic hydroxyl groups is 1. The van der Waals surface area contributed by atoms with Gasteiger partial charge in [0, 0.05) is 6.54 Å². The van der Waals surface area contributed by atoms with Gasteiger partial charge in [-0.1, -0.05) is 0 Å². The number of halogens is 1. The number of rotatable bonds is 0. The Bertz CT molecular complexity index is 128. The number of hydrogen-bond acceptors (Lipinski definition) is 2. The number of hydrogen-bond donors (Lipinski definition) is 2. The summed E-state index contributed by atoms with van der Waals surface area (Å²) in [7, 11) is 0. The van der Waals surface area contributed by atoms with Crippen molar-refractivity contribution in [3.8, 4) is 0 Å². The van der Waals surface area contributed by atoms with E-state index in [1.807, 2.05) is 0 Å². The molecule has 2 unspecified atom stereocenters. The molecular formula is C5H8ClNO2. The van der Waals surface area contributed by atoms with Crippen molar-refractivity contribution in [1.29, 1.82) is 0 Å². The predicted molar refractivity (Wildman–Crippen MR) is 33.3 cm³/mol. The van der Waals surface area contributed by atoms with Gasteiger partial charge in [0.1, 0.15) is 5.38 Å². The highest BCUT2D eigenvalue weighted by molar-refractivity contribution is 6.31. The summed E-state index contributed by atoms with van der Waals surface area (Å²) in [5.41, 5.74) is 0. The van der Waals surface area contributed by atoms with Gasteiger partial charge in [0.05, 0.1) is 6.10 Å². The van der Waals surface area contributed by atoms with E-state index < -0.39 is 11.5 Å². The maximum atomic E-state index is 10.6. The minimum atomic E-state index is -0.751. The van der Waals surface area contributed by atoms with Crippen molar-refractivity contribution in [3.63, 3.8) is 0 Å². The lowest BCUT2D eigenvalue weighted by atomic mass is 10.1. The van der Waals surface area contributed by atoms with Crippen LogP contribution in [0.4, 0.5) is 0 Å². The lowest BCUT2D eigenvalue weighted by Gasteiger charge is -2.21. The van der Waals surface area contributed by atoms with E-state index in [2.05, 4.69) is 5.32 Å². The van der Waals surface area contributed by atoms with Gasteiger partial charge in [0.2, 0.25) is 5.91 Å². The maximum absolute atomic E-state index is 10.6. The van der Waals surface area contributed by atoms with E-state index >= 15 is 0 Å². The number of piperidine rings is 1. The summed E-state index contributed by atoms with van der Waals surface area (Å²) in [6.45, 7) is 0.531. The fourth-order valence-corrected chi connectivity index (χ4v) is 0.965. The first-order valence-electron chi connectivity index (χ1n) is 2.81. The standard InChI is InChI=1S/C5H8ClNO2/c6-4-3(8)1-2-7-5(4)9/h3-4,8H,1-2H2,(H,7,9). The van der Waals surface area contributed by atoms with Crippen LogP contribution < -0.4 is 5.32 Å². The molecular weight excluding hydrogens is 142 g/mol. The Labute approximate surface area is 58.0 Å². The second-order valence-electron chi connectivity index (χ2n) is 2.05. The van der Waals surface area contributed by atoms with E-state index in [-0.39, 0.29) is 5.91 Å². The van der Waals surface area contributed by atoms with E-state index in [1.54, 1.807) is 0 Å². The van der Waals surface area contributed by atoms with Gasteiger partial charge < -0.3 is 10.4 Å². The monoisotopic (exact) mass is 149 g/mol. The van der Waals surface area contributed by atoms with Crippen LogP contribution in [-0.2, 0) is 4.79 Å². The Morgan fingerprint density at radius 3 is 2.89 bits per heavy atom. The van der Waals surface area contributed by atoms with Crippen LogP contribution in [0.15, 0.2) is 0 Å². The van der Waals surface area contributed by atoms with Gasteiger partial charge in [-0.3, -0.25) is 4.79 Å². The Morgan fingerprint density at radius 1 is 1.78 bits per heavy atom. The van der Waals surface area contributed by atoms with Gasteiger partial charge in [0.15, 0.2) is 0 Å². The quantitative estimate of drug-likeness (QED) is 0.455. The molecule has 4 heteroatoms. The second kappa shape index (κ2) is 2.54. The fourth-order valence-electron chi connectivity index (χ4n) is 0.762. The van der Waals surface area contributed by atoms with Gasteiger partial charge >= 0.3 is 0 Å². The summed E-state index contributed by atoms with van der Waals surface area (Å²) < 4.78 is 0. The van der Waals surface area contributed by atoms with Gasteiger partial charge in [-0.05, 0) is 6.42 Å². The molecule has 1 rings (SSSR count). The van der Waals surface area contributed by atoms with Crippen molar-refractivity contribution in [2.75, 3.05) is 6.54 Å². The highest BCUT2D eigenvalue weighted by Gasteiger charge is 2.27. The molecule has 0 bridgehead atoms. The van der Waals surface area contributed by atoms with Crippen molar-refractivity contribution < 1.29 is 9.90 Å². The third-order valence-corrected chi connectivity index (χ3v) is 1.82. The lowest BCUT2D eigenvalue weighted by molar-refractivity contribution is -0.124. The number of nitrogens with one attached hydrogen (secondary N) is 1. The largest absolute Gasteiger partial charge is 0.391 e. The minimum absolute atomic E-state index is 0.268. The fraction of sp³-hybridized carbons (Fsp3) is 0.800. The molecule has 0 radical (unpaired) electrons. The normalized spacial score (nSPS) is 36.0. The maximum Gasteiger partial charge on any atom is 0.240 e. The molecule has 2 atom stereocenters. The van der Waals surface area contributed by atoms with Gasteiger partial charge in [0.25, 0.3) is 0 Å². The zero-order valence-corrected chi connectivity index (χ0v) is 5.56.